The molecule has 1 aromatic heterocycles. The lowest BCUT2D eigenvalue weighted by atomic mass is 10.1. The van der Waals surface area contributed by atoms with E-state index in [2.05, 4.69) is 4.98 Å². The molecule has 0 radical (unpaired) electrons. The highest BCUT2D eigenvalue weighted by Gasteiger charge is 2.32. The number of aromatic nitrogens is 1. The molecule has 1 fully saturated rings. The predicted molar refractivity (Wildman–Crippen MR) is 58.1 cm³/mol. The van der Waals surface area contributed by atoms with Gasteiger partial charge in [-0.1, -0.05) is 0 Å². The van der Waals surface area contributed by atoms with Gasteiger partial charge in [0.05, 0.1) is 6.20 Å². The normalized spacial score (nSPS) is 21.9. The lowest BCUT2D eigenvalue weighted by Crippen LogP contribution is -2.29. The van der Waals surface area contributed by atoms with Gasteiger partial charge in [0, 0.05) is 25.9 Å². The monoisotopic (exact) mass is 260 g/mol. The van der Waals surface area contributed by atoms with Crippen LogP contribution in [0.25, 0.3) is 0 Å². The minimum atomic E-state index is -3.68. The first-order valence-corrected chi connectivity index (χ1v) is 6.69. The number of sulfonamides is 1. The third kappa shape index (κ3) is 2.46. The second-order valence-corrected chi connectivity index (χ2v) is 5.98. The third-order valence-corrected chi connectivity index (χ3v) is 4.65. The van der Waals surface area contributed by atoms with Gasteiger partial charge in [-0.25, -0.2) is 12.8 Å². The molecule has 17 heavy (non-hydrogen) atoms. The number of aliphatic hydroxyl groups is 1. The van der Waals surface area contributed by atoms with E-state index < -0.39 is 15.8 Å². The Hall–Kier alpha value is -1.05. The Kier molecular flexibility index (Phi) is 3.41. The van der Waals surface area contributed by atoms with Crippen molar-refractivity contribution >= 4 is 10.0 Å². The quantitative estimate of drug-likeness (QED) is 0.844. The van der Waals surface area contributed by atoms with Gasteiger partial charge in [-0.05, 0) is 18.4 Å². The van der Waals surface area contributed by atoms with Crippen molar-refractivity contribution in [1.29, 1.82) is 0 Å². The average Bonchev–Trinajstić information content (AvgIpc) is 2.78. The summed E-state index contributed by atoms with van der Waals surface area (Å²) in [5, 5.41) is 8.97. The Morgan fingerprint density at radius 2 is 2.29 bits per heavy atom. The summed E-state index contributed by atoms with van der Waals surface area (Å²) in [4.78, 5) is 3.39. The molecular formula is C10H13FN2O3S. The molecule has 0 spiro atoms. The number of hydrogen-bond acceptors (Lipinski definition) is 4. The summed E-state index contributed by atoms with van der Waals surface area (Å²) in [5.41, 5.74) is 0. The zero-order chi connectivity index (χ0) is 12.5. The zero-order valence-electron chi connectivity index (χ0n) is 9.08. The maximum Gasteiger partial charge on any atom is 0.244 e. The van der Waals surface area contributed by atoms with Crippen molar-refractivity contribution < 1.29 is 17.9 Å². The Morgan fingerprint density at radius 3 is 2.88 bits per heavy atom. The van der Waals surface area contributed by atoms with Crippen molar-refractivity contribution in [3.63, 3.8) is 0 Å². The fourth-order valence-electron chi connectivity index (χ4n) is 1.85. The smallest absolute Gasteiger partial charge is 0.244 e. The van der Waals surface area contributed by atoms with Crippen molar-refractivity contribution in [2.24, 2.45) is 5.92 Å². The predicted octanol–water partition coefficient (Wildman–Crippen LogP) is 0.224. The lowest BCUT2D eigenvalue weighted by Gasteiger charge is -2.15. The largest absolute Gasteiger partial charge is 0.396 e. The molecule has 1 N–H and O–H groups in total. The number of nitrogens with zero attached hydrogens (tertiary/aromatic N) is 2. The molecule has 2 heterocycles. The third-order valence-electron chi connectivity index (χ3n) is 2.82. The Balaban J connectivity index is 2.25. The highest BCUT2D eigenvalue weighted by molar-refractivity contribution is 7.89. The molecule has 2 rings (SSSR count). The summed E-state index contributed by atoms with van der Waals surface area (Å²) in [6.07, 6.45) is 2.71. The molecule has 1 unspecified atom stereocenters. The first kappa shape index (κ1) is 12.4. The number of rotatable bonds is 3. The van der Waals surface area contributed by atoms with Crippen LogP contribution in [0.15, 0.2) is 23.4 Å². The van der Waals surface area contributed by atoms with E-state index in [-0.39, 0.29) is 24.0 Å². The fourth-order valence-corrected chi connectivity index (χ4v) is 3.35. The molecule has 0 saturated carbocycles. The van der Waals surface area contributed by atoms with E-state index in [4.69, 9.17) is 5.11 Å². The van der Waals surface area contributed by atoms with Crippen molar-refractivity contribution in [2.45, 2.75) is 11.3 Å². The van der Waals surface area contributed by atoms with Gasteiger partial charge in [0.2, 0.25) is 10.0 Å². The Morgan fingerprint density at radius 1 is 1.53 bits per heavy atom. The van der Waals surface area contributed by atoms with Gasteiger partial charge in [0.1, 0.15) is 10.7 Å². The van der Waals surface area contributed by atoms with Crippen LogP contribution in [0.5, 0.6) is 0 Å². The molecule has 1 aliphatic rings. The lowest BCUT2D eigenvalue weighted by molar-refractivity contribution is 0.233. The first-order chi connectivity index (χ1) is 8.04. The van der Waals surface area contributed by atoms with Crippen LogP contribution in [0, 0.1) is 11.7 Å². The van der Waals surface area contributed by atoms with Crippen molar-refractivity contribution in [1.82, 2.24) is 9.29 Å². The van der Waals surface area contributed by atoms with Gasteiger partial charge in [-0.2, -0.15) is 4.31 Å². The van der Waals surface area contributed by atoms with Gasteiger partial charge >= 0.3 is 0 Å². The number of halogens is 1. The summed E-state index contributed by atoms with van der Waals surface area (Å²) in [5.74, 6) is -0.713. The second kappa shape index (κ2) is 4.67. The molecule has 7 heteroatoms. The highest BCUT2D eigenvalue weighted by Crippen LogP contribution is 2.23. The molecule has 1 aliphatic heterocycles. The van der Waals surface area contributed by atoms with Gasteiger partial charge in [-0.3, -0.25) is 4.98 Å². The number of aliphatic hydroxyl groups excluding tert-OH is 1. The first-order valence-electron chi connectivity index (χ1n) is 5.25. The van der Waals surface area contributed by atoms with E-state index in [0.717, 1.165) is 18.5 Å². The minimum Gasteiger partial charge on any atom is -0.396 e. The van der Waals surface area contributed by atoms with Gasteiger partial charge in [0.25, 0.3) is 0 Å². The zero-order valence-corrected chi connectivity index (χ0v) is 9.90. The molecule has 0 aliphatic carbocycles. The second-order valence-electron chi connectivity index (χ2n) is 4.04. The van der Waals surface area contributed by atoms with E-state index in [0.29, 0.717) is 13.0 Å². The molecule has 1 aromatic rings. The van der Waals surface area contributed by atoms with E-state index in [1.807, 2.05) is 0 Å². The molecular weight excluding hydrogens is 247 g/mol. The molecule has 1 atom stereocenters. The highest BCUT2D eigenvalue weighted by atomic mass is 32.2. The molecule has 0 aromatic carbocycles. The van der Waals surface area contributed by atoms with Crippen LogP contribution in [0.1, 0.15) is 6.42 Å². The minimum absolute atomic E-state index is 0.0343. The van der Waals surface area contributed by atoms with Crippen molar-refractivity contribution in [3.05, 3.63) is 24.3 Å². The van der Waals surface area contributed by atoms with Crippen LogP contribution in [0.4, 0.5) is 4.39 Å². The van der Waals surface area contributed by atoms with Gasteiger partial charge in [0.15, 0.2) is 0 Å². The van der Waals surface area contributed by atoms with Crippen LogP contribution in [0.3, 0.4) is 0 Å². The van der Waals surface area contributed by atoms with E-state index in [1.165, 1.54) is 4.31 Å². The molecule has 1 saturated heterocycles. The van der Waals surface area contributed by atoms with Gasteiger partial charge < -0.3 is 5.11 Å². The number of pyridine rings is 1. The fraction of sp³-hybridized carbons (Fsp3) is 0.500. The van der Waals surface area contributed by atoms with Crippen LogP contribution in [0.2, 0.25) is 0 Å². The van der Waals surface area contributed by atoms with Crippen LogP contribution in [-0.4, -0.2) is 42.5 Å². The van der Waals surface area contributed by atoms with Gasteiger partial charge in [-0.15, -0.1) is 0 Å². The SMILES string of the molecule is O=S(=O)(c1cncc(F)c1)N1CCC(CO)C1. The molecule has 94 valence electrons. The van der Waals surface area contributed by atoms with Crippen molar-refractivity contribution in [2.75, 3.05) is 19.7 Å². The topological polar surface area (TPSA) is 70.5 Å². The molecule has 0 bridgehead atoms. The summed E-state index contributed by atoms with van der Waals surface area (Å²) < 4.78 is 38.4. The molecule has 0 amide bonds. The van der Waals surface area contributed by atoms with Crippen LogP contribution in [-0.2, 0) is 10.0 Å². The summed E-state index contributed by atoms with van der Waals surface area (Å²) >= 11 is 0. The maximum atomic E-state index is 12.9. The van der Waals surface area contributed by atoms with Crippen LogP contribution >= 0.6 is 0 Å². The summed E-state index contributed by atoms with van der Waals surface area (Å²) in [6, 6.07) is 0.953. The van der Waals surface area contributed by atoms with Crippen molar-refractivity contribution in [3.8, 4) is 0 Å². The van der Waals surface area contributed by atoms with E-state index in [1.54, 1.807) is 0 Å². The summed E-state index contributed by atoms with van der Waals surface area (Å²) in [6.45, 7) is 0.590. The standard InChI is InChI=1S/C10H13FN2O3S/c11-9-3-10(5-12-4-9)17(15,16)13-2-1-8(6-13)7-14/h3-5,8,14H,1-2,6-7H2. The Labute approximate surface area is 99.0 Å². The maximum absolute atomic E-state index is 12.9. The van der Waals surface area contributed by atoms with E-state index >= 15 is 0 Å². The Bertz CT molecular complexity index is 506. The number of hydrogen-bond donors (Lipinski definition) is 1. The van der Waals surface area contributed by atoms with Crippen LogP contribution < -0.4 is 0 Å². The molecule has 5 nitrogen and oxygen atoms in total. The van der Waals surface area contributed by atoms with E-state index in [9.17, 15) is 12.8 Å². The average molecular weight is 260 g/mol. The summed E-state index contributed by atoms with van der Waals surface area (Å²) in [7, 11) is -3.68.